The number of aryl methyl sites for hydroxylation is 1. The molecule has 1 aromatic heterocycles. The molecule has 140 valence electrons. The molecule has 2 fully saturated rings. The van der Waals surface area contributed by atoms with Gasteiger partial charge >= 0.3 is 0 Å². The lowest BCUT2D eigenvalue weighted by atomic mass is 9.89. The first kappa shape index (κ1) is 18.8. The van der Waals surface area contributed by atoms with Crippen LogP contribution in [0.25, 0.3) is 0 Å². The number of amides is 1. The number of carbonyl (C=O) groups is 1. The van der Waals surface area contributed by atoms with Crippen molar-refractivity contribution in [1.82, 2.24) is 14.9 Å². The van der Waals surface area contributed by atoms with Crippen molar-refractivity contribution in [3.05, 3.63) is 11.4 Å². The molecule has 1 aromatic rings. The zero-order valence-electron chi connectivity index (χ0n) is 15.6. The third-order valence-electron chi connectivity index (χ3n) is 5.48. The number of imidazole rings is 1. The molecular formula is C19H31N3O2S. The quantitative estimate of drug-likeness (QED) is 0.752. The Morgan fingerprint density at radius 1 is 1.24 bits per heavy atom. The van der Waals surface area contributed by atoms with Crippen LogP contribution < -0.4 is 5.32 Å². The third kappa shape index (κ3) is 5.23. The van der Waals surface area contributed by atoms with Gasteiger partial charge in [-0.3, -0.25) is 4.79 Å². The van der Waals surface area contributed by atoms with Crippen LogP contribution in [-0.2, 0) is 16.1 Å². The lowest BCUT2D eigenvalue weighted by Crippen LogP contribution is -2.31. The highest BCUT2D eigenvalue weighted by Crippen LogP contribution is 2.25. The molecule has 1 unspecified atom stereocenters. The maximum atomic E-state index is 12.2. The summed E-state index contributed by atoms with van der Waals surface area (Å²) in [4.78, 5) is 16.9. The van der Waals surface area contributed by atoms with E-state index in [4.69, 9.17) is 4.74 Å². The van der Waals surface area contributed by atoms with E-state index >= 15 is 0 Å². The lowest BCUT2D eigenvalue weighted by Gasteiger charge is -2.21. The molecule has 1 atom stereocenters. The van der Waals surface area contributed by atoms with Gasteiger partial charge in [-0.2, -0.15) is 0 Å². The van der Waals surface area contributed by atoms with Gasteiger partial charge in [0, 0.05) is 18.8 Å². The Kier molecular flexibility index (Phi) is 6.82. The van der Waals surface area contributed by atoms with Crippen LogP contribution in [0.4, 0.5) is 0 Å². The van der Waals surface area contributed by atoms with Crippen molar-refractivity contribution in [2.75, 3.05) is 18.9 Å². The summed E-state index contributed by atoms with van der Waals surface area (Å²) in [5.41, 5.74) is 2.23. The second kappa shape index (κ2) is 9.08. The second-order valence-corrected chi connectivity index (χ2v) is 8.35. The van der Waals surface area contributed by atoms with E-state index in [1.54, 1.807) is 11.8 Å². The number of aromatic nitrogens is 2. The smallest absolute Gasteiger partial charge is 0.230 e. The van der Waals surface area contributed by atoms with E-state index in [1.807, 2.05) is 6.92 Å². The summed E-state index contributed by atoms with van der Waals surface area (Å²) in [7, 11) is 0. The Morgan fingerprint density at radius 2 is 2.04 bits per heavy atom. The minimum atomic E-state index is 0.123. The van der Waals surface area contributed by atoms with E-state index in [0.29, 0.717) is 11.7 Å². The monoisotopic (exact) mass is 365 g/mol. The zero-order chi connectivity index (χ0) is 17.6. The van der Waals surface area contributed by atoms with Crippen LogP contribution in [0.15, 0.2) is 5.16 Å². The predicted molar refractivity (Wildman–Crippen MR) is 101 cm³/mol. The summed E-state index contributed by atoms with van der Waals surface area (Å²) in [6.07, 6.45) is 9.04. The van der Waals surface area contributed by atoms with Crippen molar-refractivity contribution >= 4 is 17.7 Å². The van der Waals surface area contributed by atoms with Gasteiger partial charge in [0.2, 0.25) is 5.91 Å². The minimum absolute atomic E-state index is 0.123. The van der Waals surface area contributed by atoms with Crippen LogP contribution in [0, 0.1) is 19.8 Å². The van der Waals surface area contributed by atoms with Crippen LogP contribution in [0.2, 0.25) is 0 Å². The SMILES string of the molecule is Cc1nc(SCC(=O)NCC2CCCCC2)n(CC2CCCO2)c1C. The molecule has 1 aliphatic carbocycles. The normalized spacial score (nSPS) is 21.6. The fourth-order valence-corrected chi connectivity index (χ4v) is 4.70. The summed E-state index contributed by atoms with van der Waals surface area (Å²) in [5.74, 6) is 1.24. The first-order valence-corrected chi connectivity index (χ1v) is 10.7. The fourth-order valence-electron chi connectivity index (χ4n) is 3.77. The lowest BCUT2D eigenvalue weighted by molar-refractivity contribution is -0.118. The Morgan fingerprint density at radius 3 is 2.76 bits per heavy atom. The molecule has 0 spiro atoms. The van der Waals surface area contributed by atoms with Gasteiger partial charge in [-0.05, 0) is 45.4 Å². The number of ether oxygens (including phenoxy) is 1. The van der Waals surface area contributed by atoms with E-state index < -0.39 is 0 Å². The van der Waals surface area contributed by atoms with Crippen molar-refractivity contribution in [2.45, 2.75) is 76.6 Å². The van der Waals surface area contributed by atoms with Crippen molar-refractivity contribution in [1.29, 1.82) is 0 Å². The minimum Gasteiger partial charge on any atom is -0.376 e. The van der Waals surface area contributed by atoms with Gasteiger partial charge in [0.1, 0.15) is 0 Å². The molecule has 5 nitrogen and oxygen atoms in total. The molecule has 6 heteroatoms. The first-order chi connectivity index (χ1) is 12.1. The third-order valence-corrected chi connectivity index (χ3v) is 6.45. The number of nitrogens with one attached hydrogen (secondary N) is 1. The van der Waals surface area contributed by atoms with Gasteiger partial charge < -0.3 is 14.6 Å². The molecule has 0 bridgehead atoms. The standard InChI is InChI=1S/C19H31N3O2S/c1-14-15(2)22(12-17-9-6-10-24-17)19(21-14)25-13-18(23)20-11-16-7-4-3-5-8-16/h16-17H,3-13H2,1-2H3,(H,20,23). The van der Waals surface area contributed by atoms with Crippen molar-refractivity contribution in [3.63, 3.8) is 0 Å². The highest BCUT2D eigenvalue weighted by Gasteiger charge is 2.21. The highest BCUT2D eigenvalue weighted by atomic mass is 32.2. The van der Waals surface area contributed by atoms with Crippen LogP contribution in [-0.4, -0.2) is 40.5 Å². The Bertz CT molecular complexity index is 575. The predicted octanol–water partition coefficient (Wildman–Crippen LogP) is 3.47. The average Bonchev–Trinajstić information content (AvgIpc) is 3.23. The molecule has 1 amide bonds. The molecule has 0 radical (unpaired) electrons. The molecular weight excluding hydrogens is 334 g/mol. The maximum Gasteiger partial charge on any atom is 0.230 e. The zero-order valence-corrected chi connectivity index (χ0v) is 16.4. The molecule has 2 heterocycles. The Hall–Kier alpha value is -1.01. The van der Waals surface area contributed by atoms with Crippen molar-refractivity contribution in [3.8, 4) is 0 Å². The molecule has 1 saturated carbocycles. The highest BCUT2D eigenvalue weighted by molar-refractivity contribution is 7.99. The molecule has 1 aliphatic heterocycles. The number of hydrogen-bond donors (Lipinski definition) is 1. The van der Waals surface area contributed by atoms with Crippen LogP contribution in [0.1, 0.15) is 56.3 Å². The van der Waals surface area contributed by atoms with E-state index in [-0.39, 0.29) is 12.0 Å². The van der Waals surface area contributed by atoms with Gasteiger partial charge in [-0.25, -0.2) is 4.98 Å². The number of rotatable bonds is 7. The number of thioether (sulfide) groups is 1. The summed E-state index contributed by atoms with van der Waals surface area (Å²) in [6.45, 7) is 6.68. The summed E-state index contributed by atoms with van der Waals surface area (Å²) in [6, 6.07) is 0. The molecule has 1 N–H and O–H groups in total. The van der Waals surface area contributed by atoms with Gasteiger partial charge in [-0.15, -0.1) is 0 Å². The number of nitrogens with zero attached hydrogens (tertiary/aromatic N) is 2. The van der Waals surface area contributed by atoms with E-state index in [2.05, 4.69) is 21.8 Å². The van der Waals surface area contributed by atoms with Crippen LogP contribution in [0.3, 0.4) is 0 Å². The molecule has 0 aromatic carbocycles. The van der Waals surface area contributed by atoms with Gasteiger partial charge in [0.25, 0.3) is 0 Å². The Labute approximate surface area is 155 Å². The number of hydrogen-bond acceptors (Lipinski definition) is 4. The van der Waals surface area contributed by atoms with E-state index in [0.717, 1.165) is 43.4 Å². The second-order valence-electron chi connectivity index (χ2n) is 7.41. The summed E-state index contributed by atoms with van der Waals surface area (Å²) >= 11 is 1.54. The topological polar surface area (TPSA) is 56.2 Å². The van der Waals surface area contributed by atoms with Gasteiger partial charge in [0.15, 0.2) is 5.16 Å². The first-order valence-electron chi connectivity index (χ1n) is 9.68. The van der Waals surface area contributed by atoms with Crippen molar-refractivity contribution < 1.29 is 9.53 Å². The molecule has 3 rings (SSSR count). The van der Waals surface area contributed by atoms with Gasteiger partial charge in [-0.1, -0.05) is 31.0 Å². The Balaban J connectivity index is 1.49. The summed E-state index contributed by atoms with van der Waals surface area (Å²) in [5, 5.41) is 4.06. The molecule has 2 aliphatic rings. The molecule has 1 saturated heterocycles. The van der Waals surface area contributed by atoms with Crippen LogP contribution in [0.5, 0.6) is 0 Å². The summed E-state index contributed by atoms with van der Waals surface area (Å²) < 4.78 is 8.00. The van der Waals surface area contributed by atoms with E-state index in [1.165, 1.54) is 37.8 Å². The fraction of sp³-hybridized carbons (Fsp3) is 0.789. The number of carbonyl (C=O) groups excluding carboxylic acids is 1. The molecule has 25 heavy (non-hydrogen) atoms. The van der Waals surface area contributed by atoms with Crippen molar-refractivity contribution in [2.24, 2.45) is 5.92 Å². The largest absolute Gasteiger partial charge is 0.376 e. The van der Waals surface area contributed by atoms with Crippen LogP contribution >= 0.6 is 11.8 Å². The van der Waals surface area contributed by atoms with Gasteiger partial charge in [0.05, 0.1) is 24.1 Å². The van der Waals surface area contributed by atoms with E-state index in [9.17, 15) is 4.79 Å². The average molecular weight is 366 g/mol. The maximum absolute atomic E-state index is 12.2.